The number of carbonyl (C=O) groups excluding carboxylic acids is 4. The Morgan fingerprint density at radius 1 is 1.04 bits per heavy atom. The van der Waals surface area contributed by atoms with Gasteiger partial charge in [-0.15, -0.1) is 0 Å². The molecule has 0 unspecified atom stereocenters. The van der Waals surface area contributed by atoms with Crippen LogP contribution in [0.15, 0.2) is 36.4 Å². The second kappa shape index (κ2) is 13.7. The van der Waals surface area contributed by atoms with Gasteiger partial charge in [0.15, 0.2) is 0 Å². The number of carbonyl (C=O) groups is 4. The molecule has 2 heterocycles. The lowest BCUT2D eigenvalue weighted by Crippen LogP contribution is -2.58. The monoisotopic (exact) mass is 646 g/mol. The number of nitrogens with zero attached hydrogens (tertiary/aromatic N) is 2. The number of alkyl carbamates (subject to hydrolysis) is 1. The summed E-state index contributed by atoms with van der Waals surface area (Å²) in [6.07, 6.45) is 7.65. The number of benzene rings is 1. The first-order valence-electron chi connectivity index (χ1n) is 15.5. The first-order chi connectivity index (χ1) is 21.1. The van der Waals surface area contributed by atoms with Gasteiger partial charge in [0.1, 0.15) is 23.2 Å². The Labute approximate surface area is 265 Å². The quantitative estimate of drug-likeness (QED) is 0.343. The largest absolute Gasteiger partial charge is 0.444 e. The Morgan fingerprint density at radius 2 is 1.76 bits per heavy atom. The third-order valence-electron chi connectivity index (χ3n) is 8.19. The molecule has 248 valence electrons. The maximum Gasteiger partial charge on any atom is 0.408 e. The van der Waals surface area contributed by atoms with Crippen molar-refractivity contribution in [1.29, 1.82) is 0 Å². The molecule has 45 heavy (non-hydrogen) atoms. The van der Waals surface area contributed by atoms with E-state index in [1.165, 1.54) is 4.90 Å². The van der Waals surface area contributed by atoms with Gasteiger partial charge in [-0.25, -0.2) is 9.52 Å². The van der Waals surface area contributed by atoms with Gasteiger partial charge in [-0.2, -0.15) is 8.42 Å². The number of hydrogen-bond donors (Lipinski definition) is 4. The highest BCUT2D eigenvalue weighted by molar-refractivity contribution is 7.91. The van der Waals surface area contributed by atoms with Crippen LogP contribution in [-0.4, -0.2) is 81.0 Å². The van der Waals surface area contributed by atoms with Gasteiger partial charge in [0.25, 0.3) is 5.91 Å². The summed E-state index contributed by atoms with van der Waals surface area (Å²) >= 11 is 0. The number of nitrogens with one attached hydrogen (secondary N) is 4. The third kappa shape index (κ3) is 8.89. The molecular formula is C31H46N6O7S. The highest BCUT2D eigenvalue weighted by Crippen LogP contribution is 2.45. The maximum atomic E-state index is 13.7. The SMILES string of the molecule is CN(C)c1ccc(NS(=O)(=O)NC(=O)[C@@]23C[C@@H]2/C=C\CCCCC[C@H](NC(=O)OC(C)(C)C)C(=O)N2CCC[C@H]2C(=O)N3)cc1. The smallest absolute Gasteiger partial charge is 0.408 e. The topological polar surface area (TPSA) is 166 Å². The van der Waals surface area contributed by atoms with Gasteiger partial charge in [0.05, 0.1) is 5.69 Å². The van der Waals surface area contributed by atoms with Crippen molar-refractivity contribution in [2.75, 3.05) is 30.3 Å². The molecule has 4 atom stereocenters. The fraction of sp³-hybridized carbons (Fsp3) is 0.613. The number of amides is 4. The number of fused-ring (bicyclic) bond motifs is 2. The molecule has 1 aromatic rings. The molecule has 0 aromatic heterocycles. The molecule has 0 radical (unpaired) electrons. The van der Waals surface area contributed by atoms with E-state index < -0.39 is 57.3 Å². The Bertz CT molecular complexity index is 1410. The van der Waals surface area contributed by atoms with Crippen molar-refractivity contribution in [2.45, 2.75) is 95.4 Å². The maximum absolute atomic E-state index is 13.7. The second-order valence-corrected chi connectivity index (χ2v) is 14.6. The zero-order valence-corrected chi connectivity index (χ0v) is 27.5. The van der Waals surface area contributed by atoms with Crippen molar-refractivity contribution in [1.82, 2.24) is 20.3 Å². The lowest BCUT2D eigenvalue weighted by molar-refractivity contribution is -0.141. The Hall–Kier alpha value is -3.81. The summed E-state index contributed by atoms with van der Waals surface area (Å²) in [4.78, 5) is 56.9. The molecule has 3 aliphatic rings. The van der Waals surface area contributed by atoms with E-state index in [-0.39, 0.29) is 18.0 Å². The van der Waals surface area contributed by atoms with E-state index in [9.17, 15) is 27.6 Å². The fourth-order valence-corrected chi connectivity index (χ4v) is 6.69. The van der Waals surface area contributed by atoms with Crippen molar-refractivity contribution >= 4 is 45.4 Å². The predicted molar refractivity (Wildman–Crippen MR) is 171 cm³/mol. The third-order valence-corrected chi connectivity index (χ3v) is 9.15. The minimum atomic E-state index is -4.32. The summed E-state index contributed by atoms with van der Waals surface area (Å²) in [6.45, 7) is 5.53. The van der Waals surface area contributed by atoms with Gasteiger partial charge in [0, 0.05) is 32.2 Å². The fourth-order valence-electron chi connectivity index (χ4n) is 5.76. The van der Waals surface area contributed by atoms with Crippen LogP contribution in [-0.2, 0) is 29.3 Å². The van der Waals surface area contributed by atoms with Crippen LogP contribution in [0, 0.1) is 5.92 Å². The second-order valence-electron chi connectivity index (χ2n) is 13.2. The van der Waals surface area contributed by atoms with E-state index in [0.29, 0.717) is 38.6 Å². The van der Waals surface area contributed by atoms with E-state index in [4.69, 9.17) is 4.74 Å². The van der Waals surface area contributed by atoms with Gasteiger partial charge >= 0.3 is 16.3 Å². The highest BCUT2D eigenvalue weighted by atomic mass is 32.2. The molecule has 1 saturated carbocycles. The van der Waals surface area contributed by atoms with E-state index in [1.54, 1.807) is 45.0 Å². The van der Waals surface area contributed by atoms with Gasteiger partial charge in [-0.3, -0.25) is 19.1 Å². The Kier molecular flexibility index (Phi) is 10.4. The van der Waals surface area contributed by atoms with E-state index in [1.807, 2.05) is 31.1 Å². The van der Waals surface area contributed by atoms with E-state index in [0.717, 1.165) is 18.5 Å². The molecule has 0 spiro atoms. The molecule has 1 saturated heterocycles. The normalized spacial score (nSPS) is 26.6. The summed E-state index contributed by atoms with van der Waals surface area (Å²) in [5.41, 5.74) is -1.09. The minimum absolute atomic E-state index is 0.220. The average Bonchev–Trinajstić information content (AvgIpc) is 3.39. The summed E-state index contributed by atoms with van der Waals surface area (Å²) in [7, 11) is -0.600. The summed E-state index contributed by atoms with van der Waals surface area (Å²) < 4.78 is 35.8. The standard InChI is InChI=1S/C31H46N6O7S/c1-30(2,3)44-29(41)32-24-13-10-8-6-7-9-12-21-20-31(21,33-26(38)25-14-11-19-37(25)27(24)39)28(40)35-45(42,43)34-22-15-17-23(18-16-22)36(4)5/h9,12,15-18,21,24-25,34H,6-8,10-11,13-14,19-20H2,1-5H3,(H,32,41)(H,33,38)(H,35,40)/b12-9-/t21-,24-,25-,31+/m0/s1. The number of hydrogen-bond acceptors (Lipinski definition) is 8. The lowest BCUT2D eigenvalue weighted by atomic mass is 10.0. The molecule has 4 rings (SSSR count). The number of anilines is 2. The van der Waals surface area contributed by atoms with Gasteiger partial charge in [-0.05, 0) is 83.6 Å². The Balaban J connectivity index is 1.52. The van der Waals surface area contributed by atoms with Gasteiger partial charge in [-0.1, -0.05) is 25.0 Å². The molecule has 2 aliphatic heterocycles. The van der Waals surface area contributed by atoms with Crippen molar-refractivity contribution in [2.24, 2.45) is 5.92 Å². The van der Waals surface area contributed by atoms with Crippen molar-refractivity contribution in [3.8, 4) is 0 Å². The highest BCUT2D eigenvalue weighted by Gasteiger charge is 2.61. The van der Waals surface area contributed by atoms with E-state index >= 15 is 0 Å². The molecule has 13 nitrogen and oxygen atoms in total. The summed E-state index contributed by atoms with van der Waals surface area (Å²) in [6, 6.07) is 4.91. The number of rotatable bonds is 6. The lowest BCUT2D eigenvalue weighted by Gasteiger charge is -2.30. The van der Waals surface area contributed by atoms with Crippen molar-refractivity contribution in [3.05, 3.63) is 36.4 Å². The van der Waals surface area contributed by atoms with Crippen molar-refractivity contribution in [3.63, 3.8) is 0 Å². The van der Waals surface area contributed by atoms with Crippen LogP contribution >= 0.6 is 0 Å². The first-order valence-corrected chi connectivity index (χ1v) is 17.0. The molecule has 0 bridgehead atoms. The van der Waals surface area contributed by atoms with Crippen LogP contribution in [0.3, 0.4) is 0 Å². The van der Waals surface area contributed by atoms with Crippen LogP contribution in [0.4, 0.5) is 16.2 Å². The molecule has 4 N–H and O–H groups in total. The van der Waals surface area contributed by atoms with Gasteiger partial charge < -0.3 is 25.2 Å². The molecule has 1 aliphatic carbocycles. The Morgan fingerprint density at radius 3 is 2.42 bits per heavy atom. The number of ether oxygens (including phenoxy) is 1. The predicted octanol–water partition coefficient (Wildman–Crippen LogP) is 2.81. The number of allylic oxidation sites excluding steroid dienone is 1. The molecular weight excluding hydrogens is 600 g/mol. The zero-order valence-electron chi connectivity index (χ0n) is 26.7. The molecule has 1 aromatic carbocycles. The van der Waals surface area contributed by atoms with Gasteiger partial charge in [0.2, 0.25) is 11.8 Å². The van der Waals surface area contributed by atoms with E-state index in [2.05, 4.69) is 20.1 Å². The summed E-state index contributed by atoms with van der Waals surface area (Å²) in [5.74, 6) is -2.19. The van der Waals surface area contributed by atoms with Crippen LogP contribution in [0.25, 0.3) is 0 Å². The average molecular weight is 647 g/mol. The zero-order chi connectivity index (χ0) is 33.0. The first kappa shape index (κ1) is 34.1. The minimum Gasteiger partial charge on any atom is -0.444 e. The summed E-state index contributed by atoms with van der Waals surface area (Å²) in [5, 5.41) is 5.52. The van der Waals surface area contributed by atoms with Crippen LogP contribution in [0.5, 0.6) is 0 Å². The van der Waals surface area contributed by atoms with Crippen molar-refractivity contribution < 1.29 is 32.3 Å². The molecule has 2 fully saturated rings. The molecule has 4 amide bonds. The van der Waals surface area contributed by atoms with Crippen LogP contribution in [0.2, 0.25) is 0 Å². The van der Waals surface area contributed by atoms with Crippen LogP contribution < -0.4 is 25.0 Å². The van der Waals surface area contributed by atoms with Crippen LogP contribution in [0.1, 0.15) is 72.1 Å². The molecule has 14 heteroatoms.